The first kappa shape index (κ1) is 33.1. The Bertz CT molecular complexity index is 1900. The average Bonchev–Trinajstić information content (AvgIpc) is 3.55. The van der Waals surface area contributed by atoms with E-state index in [1.807, 2.05) is 48.5 Å². The van der Waals surface area contributed by atoms with Gasteiger partial charge in [0.05, 0.1) is 48.4 Å². The summed E-state index contributed by atoms with van der Waals surface area (Å²) in [5.74, 6) is -1.02. The molecule has 5 rings (SSSR count). The topological polar surface area (TPSA) is 138 Å². The van der Waals surface area contributed by atoms with Crippen molar-refractivity contribution >= 4 is 39.9 Å². The SMILES string of the molecule is CCOC(=O)CN(CC(=O)OCC)C(=O)c1ccc(Cn2c(=O)n(Cc3nc4ccccc4n3CCCCO)c3ccccc32)cc1. The molecule has 0 unspecified atom stereocenters. The van der Waals surface area contributed by atoms with Gasteiger partial charge in [0.1, 0.15) is 18.9 Å². The van der Waals surface area contributed by atoms with Crippen molar-refractivity contribution in [1.82, 2.24) is 23.6 Å². The third-order valence-corrected chi connectivity index (χ3v) is 7.83. The number of amides is 1. The number of fused-ring (bicyclic) bond motifs is 2. The number of aryl methyl sites for hydroxylation is 1. The molecule has 0 bridgehead atoms. The molecule has 0 atom stereocenters. The highest BCUT2D eigenvalue weighted by atomic mass is 16.5. The van der Waals surface area contributed by atoms with E-state index in [2.05, 4.69) is 4.57 Å². The molecule has 5 aromatic rings. The van der Waals surface area contributed by atoms with E-state index < -0.39 is 30.9 Å². The van der Waals surface area contributed by atoms with Crippen LogP contribution in [0.25, 0.3) is 22.1 Å². The minimum absolute atomic E-state index is 0.115. The molecule has 1 amide bonds. The quantitative estimate of drug-likeness (QED) is 0.135. The number of carbonyl (C=O) groups is 3. The maximum absolute atomic E-state index is 14.0. The molecule has 246 valence electrons. The van der Waals surface area contributed by atoms with Crippen LogP contribution >= 0.6 is 0 Å². The Morgan fingerprint density at radius 1 is 0.745 bits per heavy atom. The smallest absolute Gasteiger partial charge is 0.329 e. The molecule has 47 heavy (non-hydrogen) atoms. The van der Waals surface area contributed by atoms with Gasteiger partial charge in [0.25, 0.3) is 5.91 Å². The number of esters is 2. The Kier molecular flexibility index (Phi) is 10.8. The van der Waals surface area contributed by atoms with E-state index in [0.29, 0.717) is 13.0 Å². The van der Waals surface area contributed by atoms with Crippen LogP contribution in [0.3, 0.4) is 0 Å². The van der Waals surface area contributed by atoms with Gasteiger partial charge >= 0.3 is 17.6 Å². The number of benzene rings is 3. The Morgan fingerprint density at radius 3 is 1.91 bits per heavy atom. The fourth-order valence-corrected chi connectivity index (χ4v) is 5.64. The number of para-hydroxylation sites is 4. The predicted octanol–water partition coefficient (Wildman–Crippen LogP) is 3.59. The molecular formula is C35H39N5O7. The Balaban J connectivity index is 1.41. The molecule has 12 heteroatoms. The molecule has 0 saturated carbocycles. The third-order valence-electron chi connectivity index (χ3n) is 7.83. The lowest BCUT2D eigenvalue weighted by Gasteiger charge is -2.21. The van der Waals surface area contributed by atoms with Crippen molar-refractivity contribution in [2.75, 3.05) is 32.9 Å². The summed E-state index contributed by atoms with van der Waals surface area (Å²) in [5.41, 5.74) is 4.22. The van der Waals surface area contributed by atoms with Crippen LogP contribution in [-0.4, -0.2) is 79.4 Å². The summed E-state index contributed by atoms with van der Waals surface area (Å²) < 4.78 is 15.5. The number of aliphatic hydroxyl groups excluding tert-OH is 1. The lowest BCUT2D eigenvalue weighted by atomic mass is 10.1. The standard InChI is InChI=1S/C35H39N5O7/c1-3-46-32(42)23-37(24-33(43)47-4-2)34(44)26-17-15-25(16-18-26)21-39-29-13-7-8-14-30(29)40(35(39)45)22-31-36-27-11-5-6-12-28(27)38(31)19-9-10-20-41/h5-8,11-18,41H,3-4,9-10,19-24H2,1-2H3. The molecule has 0 aliphatic heterocycles. The van der Waals surface area contributed by atoms with Gasteiger partial charge in [-0.1, -0.05) is 36.4 Å². The Morgan fingerprint density at radius 2 is 1.32 bits per heavy atom. The van der Waals surface area contributed by atoms with Gasteiger partial charge in [0.2, 0.25) is 0 Å². The second kappa shape index (κ2) is 15.4. The zero-order valence-corrected chi connectivity index (χ0v) is 26.6. The number of aliphatic hydroxyl groups is 1. The van der Waals surface area contributed by atoms with Crippen molar-refractivity contribution in [3.05, 3.63) is 100 Å². The number of unbranched alkanes of at least 4 members (excludes halogenated alkanes) is 1. The largest absolute Gasteiger partial charge is 0.465 e. The number of hydrogen-bond donors (Lipinski definition) is 1. The van der Waals surface area contributed by atoms with E-state index in [1.54, 1.807) is 47.2 Å². The van der Waals surface area contributed by atoms with Gasteiger partial charge in [0, 0.05) is 18.7 Å². The van der Waals surface area contributed by atoms with Gasteiger partial charge in [-0.15, -0.1) is 0 Å². The van der Waals surface area contributed by atoms with Crippen LogP contribution < -0.4 is 5.69 Å². The highest BCUT2D eigenvalue weighted by molar-refractivity contribution is 5.97. The van der Waals surface area contributed by atoms with Crippen LogP contribution in [0.15, 0.2) is 77.6 Å². The monoisotopic (exact) mass is 641 g/mol. The van der Waals surface area contributed by atoms with E-state index in [9.17, 15) is 24.3 Å². The molecule has 0 fully saturated rings. The number of ether oxygens (including phenoxy) is 2. The first-order valence-electron chi connectivity index (χ1n) is 15.8. The second-order valence-corrected chi connectivity index (χ2v) is 11.0. The molecule has 2 aromatic heterocycles. The third kappa shape index (κ3) is 7.60. The summed E-state index contributed by atoms with van der Waals surface area (Å²) in [5, 5.41) is 9.33. The second-order valence-electron chi connectivity index (χ2n) is 11.0. The van der Waals surface area contributed by atoms with Crippen LogP contribution in [-0.2, 0) is 38.7 Å². The van der Waals surface area contributed by atoms with Gasteiger partial charge in [-0.25, -0.2) is 9.78 Å². The zero-order chi connectivity index (χ0) is 33.3. The van der Waals surface area contributed by atoms with E-state index in [1.165, 1.54) is 0 Å². The number of hydrogen-bond acceptors (Lipinski definition) is 8. The van der Waals surface area contributed by atoms with Crippen LogP contribution in [0.4, 0.5) is 0 Å². The first-order valence-corrected chi connectivity index (χ1v) is 15.8. The van der Waals surface area contributed by atoms with Crippen molar-refractivity contribution in [1.29, 1.82) is 0 Å². The van der Waals surface area contributed by atoms with Crippen molar-refractivity contribution in [2.24, 2.45) is 0 Å². The number of nitrogens with zero attached hydrogens (tertiary/aromatic N) is 5. The molecule has 0 spiro atoms. The maximum Gasteiger partial charge on any atom is 0.329 e. The summed E-state index contributed by atoms with van der Waals surface area (Å²) in [6.45, 7) is 4.14. The van der Waals surface area contributed by atoms with Crippen molar-refractivity contribution in [3.63, 3.8) is 0 Å². The number of carbonyl (C=O) groups excluding carboxylic acids is 3. The highest BCUT2D eigenvalue weighted by Crippen LogP contribution is 2.21. The molecule has 1 N–H and O–H groups in total. The lowest BCUT2D eigenvalue weighted by molar-refractivity contribution is -0.147. The van der Waals surface area contributed by atoms with Crippen LogP contribution in [0.1, 0.15) is 48.4 Å². The van der Waals surface area contributed by atoms with Gasteiger partial charge in [-0.3, -0.25) is 23.5 Å². The van der Waals surface area contributed by atoms with E-state index in [0.717, 1.165) is 44.8 Å². The molecule has 0 radical (unpaired) electrons. The molecular weight excluding hydrogens is 602 g/mol. The number of rotatable bonds is 15. The van der Waals surface area contributed by atoms with Crippen LogP contribution in [0, 0.1) is 0 Å². The van der Waals surface area contributed by atoms with Gasteiger partial charge < -0.3 is 24.0 Å². The van der Waals surface area contributed by atoms with Crippen molar-refractivity contribution in [3.8, 4) is 0 Å². The fraction of sp³-hybridized carbons (Fsp3) is 0.343. The van der Waals surface area contributed by atoms with Gasteiger partial charge in [-0.05, 0) is 68.7 Å². The van der Waals surface area contributed by atoms with Crippen molar-refractivity contribution in [2.45, 2.75) is 46.3 Å². The molecule has 0 aliphatic rings. The lowest BCUT2D eigenvalue weighted by Crippen LogP contribution is -2.40. The maximum atomic E-state index is 14.0. The molecule has 2 heterocycles. The highest BCUT2D eigenvalue weighted by Gasteiger charge is 2.23. The summed E-state index contributed by atoms with van der Waals surface area (Å²) >= 11 is 0. The average molecular weight is 642 g/mol. The van der Waals surface area contributed by atoms with Crippen LogP contribution in [0.5, 0.6) is 0 Å². The fourth-order valence-electron chi connectivity index (χ4n) is 5.64. The first-order chi connectivity index (χ1) is 22.8. The minimum Gasteiger partial charge on any atom is -0.465 e. The van der Waals surface area contributed by atoms with Gasteiger partial charge in [-0.2, -0.15) is 0 Å². The van der Waals surface area contributed by atoms with E-state index in [4.69, 9.17) is 14.5 Å². The number of imidazole rings is 2. The van der Waals surface area contributed by atoms with E-state index in [-0.39, 0.29) is 44.2 Å². The summed E-state index contributed by atoms with van der Waals surface area (Å²) in [6.07, 6.45) is 1.45. The summed E-state index contributed by atoms with van der Waals surface area (Å²) in [6, 6.07) is 22.2. The Hall–Kier alpha value is -5.23. The minimum atomic E-state index is -0.627. The molecule has 0 aliphatic carbocycles. The number of aromatic nitrogens is 4. The molecule has 12 nitrogen and oxygen atoms in total. The van der Waals surface area contributed by atoms with Crippen LogP contribution in [0.2, 0.25) is 0 Å². The van der Waals surface area contributed by atoms with Gasteiger partial charge in [0.15, 0.2) is 0 Å². The van der Waals surface area contributed by atoms with Crippen molar-refractivity contribution < 1.29 is 29.0 Å². The zero-order valence-electron chi connectivity index (χ0n) is 26.6. The summed E-state index contributed by atoms with van der Waals surface area (Å²) in [7, 11) is 0. The molecule has 0 saturated heterocycles. The Labute approximate surface area is 271 Å². The summed E-state index contributed by atoms with van der Waals surface area (Å²) in [4.78, 5) is 57.5. The molecule has 3 aromatic carbocycles. The normalized spacial score (nSPS) is 11.2. The van der Waals surface area contributed by atoms with E-state index >= 15 is 0 Å². The predicted molar refractivity (Wildman–Crippen MR) is 176 cm³/mol.